The highest BCUT2D eigenvalue weighted by atomic mass is 19.1. The first-order chi connectivity index (χ1) is 12.0. The molecule has 1 amide bonds. The van der Waals surface area contributed by atoms with Crippen LogP contribution in [0.25, 0.3) is 0 Å². The first-order valence-electron chi connectivity index (χ1n) is 7.51. The second-order valence-electron chi connectivity index (χ2n) is 5.15. The predicted octanol–water partition coefficient (Wildman–Crippen LogP) is 2.49. The van der Waals surface area contributed by atoms with Crippen LogP contribution in [0.2, 0.25) is 0 Å². The molecule has 0 aliphatic heterocycles. The molecule has 0 atom stereocenters. The Morgan fingerprint density at radius 1 is 1.08 bits per heavy atom. The third-order valence-electron chi connectivity index (χ3n) is 3.38. The van der Waals surface area contributed by atoms with E-state index >= 15 is 0 Å². The number of methoxy groups -OCH3 is 1. The Kier molecular flexibility index (Phi) is 6.45. The van der Waals surface area contributed by atoms with Gasteiger partial charge in [-0.15, -0.1) is 0 Å². The third-order valence-corrected chi connectivity index (χ3v) is 3.38. The minimum atomic E-state index is -0.936. The molecule has 7 heteroatoms. The Morgan fingerprint density at radius 3 is 2.44 bits per heavy atom. The zero-order valence-corrected chi connectivity index (χ0v) is 13.6. The van der Waals surface area contributed by atoms with Gasteiger partial charge in [0.15, 0.2) is 6.61 Å². The van der Waals surface area contributed by atoms with E-state index in [2.05, 4.69) is 5.32 Å². The lowest BCUT2D eigenvalue weighted by atomic mass is 10.1. The van der Waals surface area contributed by atoms with E-state index < -0.39 is 24.3 Å². The monoisotopic (exact) mass is 349 g/mol. The number of benzene rings is 2. The van der Waals surface area contributed by atoms with E-state index in [0.29, 0.717) is 13.0 Å². The van der Waals surface area contributed by atoms with Crippen LogP contribution in [0.5, 0.6) is 5.75 Å². The second kappa shape index (κ2) is 8.77. The molecule has 0 bridgehead atoms. The number of rotatable bonds is 7. The number of esters is 1. The van der Waals surface area contributed by atoms with Gasteiger partial charge in [-0.05, 0) is 36.2 Å². The van der Waals surface area contributed by atoms with Crippen molar-refractivity contribution in [2.24, 2.45) is 0 Å². The zero-order chi connectivity index (χ0) is 18.2. The number of amides is 1. The number of halogens is 2. The van der Waals surface area contributed by atoms with Gasteiger partial charge in [-0.3, -0.25) is 4.79 Å². The van der Waals surface area contributed by atoms with Crippen molar-refractivity contribution in [3.63, 3.8) is 0 Å². The fraction of sp³-hybridized carbons (Fsp3) is 0.222. The van der Waals surface area contributed by atoms with Crippen LogP contribution >= 0.6 is 0 Å². The highest BCUT2D eigenvalue weighted by Gasteiger charge is 2.15. The fourth-order valence-electron chi connectivity index (χ4n) is 2.05. The molecule has 25 heavy (non-hydrogen) atoms. The van der Waals surface area contributed by atoms with Crippen molar-refractivity contribution in [3.8, 4) is 5.75 Å². The van der Waals surface area contributed by atoms with Crippen molar-refractivity contribution in [2.45, 2.75) is 6.42 Å². The Labute approximate surface area is 143 Å². The molecule has 5 nitrogen and oxygen atoms in total. The Balaban J connectivity index is 1.75. The molecule has 2 rings (SSSR count). The van der Waals surface area contributed by atoms with Crippen LogP contribution in [0.4, 0.5) is 8.78 Å². The van der Waals surface area contributed by atoms with Crippen LogP contribution in [0.1, 0.15) is 15.9 Å². The third kappa shape index (κ3) is 5.56. The van der Waals surface area contributed by atoms with Gasteiger partial charge in [0.05, 0.1) is 12.7 Å². The molecule has 0 aliphatic carbocycles. The van der Waals surface area contributed by atoms with Crippen LogP contribution in [-0.4, -0.2) is 32.1 Å². The van der Waals surface area contributed by atoms with Gasteiger partial charge in [0.1, 0.15) is 17.4 Å². The molecule has 0 heterocycles. The van der Waals surface area contributed by atoms with Crippen molar-refractivity contribution in [1.82, 2.24) is 5.32 Å². The van der Waals surface area contributed by atoms with E-state index in [4.69, 9.17) is 9.47 Å². The maximum Gasteiger partial charge on any atom is 0.341 e. The number of carbonyl (C=O) groups is 2. The zero-order valence-electron chi connectivity index (χ0n) is 13.6. The lowest BCUT2D eigenvalue weighted by molar-refractivity contribution is -0.124. The van der Waals surface area contributed by atoms with Gasteiger partial charge in [0.25, 0.3) is 5.91 Å². The number of hydrogen-bond acceptors (Lipinski definition) is 4. The molecule has 0 aliphatic rings. The first-order valence-corrected chi connectivity index (χ1v) is 7.51. The van der Waals surface area contributed by atoms with Gasteiger partial charge in [0.2, 0.25) is 0 Å². The predicted molar refractivity (Wildman–Crippen MR) is 86.3 cm³/mol. The summed E-state index contributed by atoms with van der Waals surface area (Å²) in [5.41, 5.74) is 0.582. The summed E-state index contributed by atoms with van der Waals surface area (Å²) < 4.78 is 36.1. The molecule has 0 aromatic heterocycles. The number of hydrogen-bond donors (Lipinski definition) is 1. The molecule has 1 N–H and O–H groups in total. The summed E-state index contributed by atoms with van der Waals surface area (Å²) >= 11 is 0. The minimum absolute atomic E-state index is 0.271. The molecular weight excluding hydrogens is 332 g/mol. The standard InChI is InChI=1S/C18H17F2NO4/c1-24-14-6-7-15(16(20)10-14)18(23)25-11-17(22)21-9-8-12-2-4-13(19)5-3-12/h2-7,10H,8-9,11H2,1H3,(H,21,22). The maximum absolute atomic E-state index is 13.7. The van der Waals surface area contributed by atoms with E-state index in [9.17, 15) is 18.4 Å². The van der Waals surface area contributed by atoms with E-state index in [0.717, 1.165) is 11.6 Å². The molecule has 2 aromatic carbocycles. The van der Waals surface area contributed by atoms with Gasteiger partial charge >= 0.3 is 5.97 Å². The van der Waals surface area contributed by atoms with Crippen molar-refractivity contribution < 1.29 is 27.8 Å². The smallest absolute Gasteiger partial charge is 0.341 e. The van der Waals surface area contributed by atoms with Crippen molar-refractivity contribution in [1.29, 1.82) is 0 Å². The van der Waals surface area contributed by atoms with Crippen LogP contribution < -0.4 is 10.1 Å². The number of nitrogens with one attached hydrogen (secondary N) is 1. The van der Waals surface area contributed by atoms with Gasteiger partial charge in [-0.1, -0.05) is 12.1 Å². The Bertz CT molecular complexity index is 747. The van der Waals surface area contributed by atoms with Crippen molar-refractivity contribution in [3.05, 3.63) is 65.2 Å². The van der Waals surface area contributed by atoms with Gasteiger partial charge in [-0.2, -0.15) is 0 Å². The van der Waals surface area contributed by atoms with Gasteiger partial charge in [0, 0.05) is 12.6 Å². The molecule has 132 valence electrons. The fourth-order valence-corrected chi connectivity index (χ4v) is 2.05. The quantitative estimate of drug-likeness (QED) is 0.780. The van der Waals surface area contributed by atoms with E-state index in [1.54, 1.807) is 12.1 Å². The lowest BCUT2D eigenvalue weighted by Gasteiger charge is -2.08. The number of ether oxygens (including phenoxy) is 2. The van der Waals surface area contributed by atoms with Crippen molar-refractivity contribution >= 4 is 11.9 Å². The normalized spacial score (nSPS) is 10.2. The summed E-state index contributed by atoms with van der Waals surface area (Å²) in [6, 6.07) is 9.61. The summed E-state index contributed by atoms with van der Waals surface area (Å²) in [6.45, 7) is -0.216. The largest absolute Gasteiger partial charge is 0.497 e. The summed E-state index contributed by atoms with van der Waals surface area (Å²) in [6.07, 6.45) is 0.507. The molecule has 0 saturated heterocycles. The van der Waals surface area contributed by atoms with Crippen LogP contribution in [0, 0.1) is 11.6 Å². The lowest BCUT2D eigenvalue weighted by Crippen LogP contribution is -2.30. The molecule has 2 aromatic rings. The SMILES string of the molecule is COc1ccc(C(=O)OCC(=O)NCCc2ccc(F)cc2)c(F)c1. The molecule has 0 spiro atoms. The Hall–Kier alpha value is -2.96. The van der Waals surface area contributed by atoms with Crippen molar-refractivity contribution in [2.75, 3.05) is 20.3 Å². The summed E-state index contributed by atoms with van der Waals surface area (Å²) in [5.74, 6) is -2.29. The van der Waals surface area contributed by atoms with Gasteiger partial charge < -0.3 is 14.8 Å². The average molecular weight is 349 g/mol. The highest BCUT2D eigenvalue weighted by molar-refractivity contribution is 5.91. The summed E-state index contributed by atoms with van der Waals surface area (Å²) in [4.78, 5) is 23.4. The molecule has 0 saturated carbocycles. The Morgan fingerprint density at radius 2 is 1.80 bits per heavy atom. The molecule has 0 radical (unpaired) electrons. The summed E-state index contributed by atoms with van der Waals surface area (Å²) in [7, 11) is 1.38. The number of carbonyl (C=O) groups excluding carboxylic acids is 2. The van der Waals surface area contributed by atoms with E-state index in [-0.39, 0.29) is 17.1 Å². The molecular formula is C18H17F2NO4. The van der Waals surface area contributed by atoms with E-state index in [1.807, 2.05) is 0 Å². The van der Waals surface area contributed by atoms with Crippen LogP contribution in [0.3, 0.4) is 0 Å². The van der Waals surface area contributed by atoms with E-state index in [1.165, 1.54) is 31.4 Å². The van der Waals surface area contributed by atoms with Crippen LogP contribution in [0.15, 0.2) is 42.5 Å². The second-order valence-corrected chi connectivity index (χ2v) is 5.15. The topological polar surface area (TPSA) is 64.6 Å². The first kappa shape index (κ1) is 18.4. The molecule has 0 unspecified atom stereocenters. The van der Waals surface area contributed by atoms with Gasteiger partial charge in [-0.25, -0.2) is 13.6 Å². The minimum Gasteiger partial charge on any atom is -0.497 e. The molecule has 0 fully saturated rings. The maximum atomic E-state index is 13.7. The van der Waals surface area contributed by atoms with Crippen LogP contribution in [-0.2, 0) is 16.0 Å². The highest BCUT2D eigenvalue weighted by Crippen LogP contribution is 2.16. The summed E-state index contributed by atoms with van der Waals surface area (Å²) in [5, 5.41) is 2.56. The average Bonchev–Trinajstić information content (AvgIpc) is 2.61.